The zero-order valence-corrected chi connectivity index (χ0v) is 21.6. The highest BCUT2D eigenvalue weighted by molar-refractivity contribution is 6.01. The predicted molar refractivity (Wildman–Crippen MR) is 142 cm³/mol. The van der Waals surface area contributed by atoms with Crippen LogP contribution in [0.3, 0.4) is 0 Å². The van der Waals surface area contributed by atoms with Crippen molar-refractivity contribution in [1.29, 1.82) is 0 Å². The third-order valence-electron chi connectivity index (χ3n) is 6.63. The molecule has 0 aliphatic carbocycles. The first-order chi connectivity index (χ1) is 16.7. The topological polar surface area (TPSA) is 55.8 Å². The van der Waals surface area contributed by atoms with Crippen LogP contribution in [-0.4, -0.2) is 24.8 Å². The average Bonchev–Trinajstić information content (AvgIpc) is 2.85. The van der Waals surface area contributed by atoms with E-state index >= 15 is 0 Å². The van der Waals surface area contributed by atoms with E-state index in [9.17, 15) is 9.90 Å². The Bertz CT molecular complexity index is 830. The summed E-state index contributed by atoms with van der Waals surface area (Å²) < 4.78 is 10.6. The minimum Gasteiger partial charge on any atom is -0.506 e. The summed E-state index contributed by atoms with van der Waals surface area (Å²) in [5.41, 5.74) is 0.178. The van der Waals surface area contributed by atoms with Gasteiger partial charge in [0.15, 0.2) is 0 Å². The Balaban J connectivity index is 1.47. The Labute approximate surface area is 207 Å². The number of rotatable bonds is 19. The van der Waals surface area contributed by atoms with Crippen LogP contribution in [0.1, 0.15) is 120 Å². The summed E-state index contributed by atoms with van der Waals surface area (Å²) in [7, 11) is 1.31. The molecule has 2 aromatic rings. The Morgan fingerprint density at radius 2 is 1.26 bits per heavy atom. The van der Waals surface area contributed by atoms with Crippen molar-refractivity contribution in [3.63, 3.8) is 0 Å². The number of aromatic hydroxyl groups is 1. The number of ether oxygens (including phenoxy) is 2. The molecule has 0 aliphatic rings. The average molecular weight is 471 g/mol. The monoisotopic (exact) mass is 470 g/mol. The highest BCUT2D eigenvalue weighted by atomic mass is 16.5. The third-order valence-corrected chi connectivity index (χ3v) is 6.63. The standard InChI is InChI=1S/C30H46O4/c1-3-4-5-6-7-8-9-10-11-12-13-14-15-16-17-18-23-34-26-20-22-27-25(24-26)19-21-28(29(27)31)30(32)33-2/h19-22,24,31H,3-18,23H2,1-2H3. The predicted octanol–water partition coefficient (Wildman–Crippen LogP) is 8.97. The second-order valence-electron chi connectivity index (χ2n) is 9.49. The van der Waals surface area contributed by atoms with Gasteiger partial charge >= 0.3 is 5.97 Å². The van der Waals surface area contributed by atoms with Crippen molar-refractivity contribution in [2.24, 2.45) is 0 Å². The van der Waals surface area contributed by atoms with E-state index in [1.54, 1.807) is 12.1 Å². The first kappa shape index (κ1) is 28.0. The number of benzene rings is 2. The maximum Gasteiger partial charge on any atom is 0.341 e. The molecule has 0 amide bonds. The van der Waals surface area contributed by atoms with E-state index in [4.69, 9.17) is 9.47 Å². The van der Waals surface area contributed by atoms with Crippen molar-refractivity contribution in [1.82, 2.24) is 0 Å². The summed E-state index contributed by atoms with van der Waals surface area (Å²) >= 11 is 0. The zero-order valence-electron chi connectivity index (χ0n) is 21.6. The summed E-state index contributed by atoms with van der Waals surface area (Å²) in [5, 5.41) is 11.8. The van der Waals surface area contributed by atoms with E-state index < -0.39 is 5.97 Å². The van der Waals surface area contributed by atoms with Crippen molar-refractivity contribution in [2.45, 2.75) is 110 Å². The molecule has 0 heterocycles. The third kappa shape index (κ3) is 10.4. The number of phenolic OH excluding ortho intramolecular Hbond substituents is 1. The molecule has 0 saturated heterocycles. The highest BCUT2D eigenvalue weighted by Gasteiger charge is 2.14. The Morgan fingerprint density at radius 3 is 1.79 bits per heavy atom. The molecule has 4 nitrogen and oxygen atoms in total. The van der Waals surface area contributed by atoms with Crippen LogP contribution in [0.5, 0.6) is 11.5 Å². The number of carbonyl (C=O) groups is 1. The van der Waals surface area contributed by atoms with Gasteiger partial charge in [-0.25, -0.2) is 4.79 Å². The van der Waals surface area contributed by atoms with Gasteiger partial charge in [0.25, 0.3) is 0 Å². The maximum absolute atomic E-state index is 11.7. The van der Waals surface area contributed by atoms with Crippen molar-refractivity contribution in [3.05, 3.63) is 35.9 Å². The molecule has 4 heteroatoms. The van der Waals surface area contributed by atoms with Crippen molar-refractivity contribution in [3.8, 4) is 11.5 Å². The number of fused-ring (bicyclic) bond motifs is 1. The Hall–Kier alpha value is -2.23. The molecular weight excluding hydrogens is 424 g/mol. The lowest BCUT2D eigenvalue weighted by molar-refractivity contribution is 0.0598. The van der Waals surface area contributed by atoms with Crippen LogP contribution in [0, 0.1) is 0 Å². The minimum absolute atomic E-state index is 0.0475. The summed E-state index contributed by atoms with van der Waals surface area (Å²) in [6.45, 7) is 2.98. The summed E-state index contributed by atoms with van der Waals surface area (Å²) in [5.74, 6) is 0.204. The first-order valence-electron chi connectivity index (χ1n) is 13.6. The van der Waals surface area contributed by atoms with E-state index in [1.165, 1.54) is 103 Å². The van der Waals surface area contributed by atoms with Crippen LogP contribution in [0.25, 0.3) is 10.8 Å². The lowest BCUT2D eigenvalue weighted by atomic mass is 10.0. The van der Waals surface area contributed by atoms with E-state index in [0.29, 0.717) is 12.0 Å². The van der Waals surface area contributed by atoms with Gasteiger partial charge in [-0.1, -0.05) is 109 Å². The molecule has 0 aromatic heterocycles. The fourth-order valence-electron chi connectivity index (χ4n) is 4.50. The summed E-state index contributed by atoms with van der Waals surface area (Å²) in [6, 6.07) is 8.93. The van der Waals surface area contributed by atoms with Gasteiger partial charge in [0.05, 0.1) is 13.7 Å². The summed E-state index contributed by atoms with van der Waals surface area (Å²) in [4.78, 5) is 11.7. The molecule has 190 valence electrons. The lowest BCUT2D eigenvalue weighted by Gasteiger charge is -2.10. The van der Waals surface area contributed by atoms with Crippen molar-refractivity contribution < 1.29 is 19.4 Å². The van der Waals surface area contributed by atoms with Gasteiger partial charge < -0.3 is 14.6 Å². The van der Waals surface area contributed by atoms with Crippen LogP contribution >= 0.6 is 0 Å². The molecule has 34 heavy (non-hydrogen) atoms. The van der Waals surface area contributed by atoms with Gasteiger partial charge in [0, 0.05) is 5.39 Å². The number of hydrogen-bond acceptors (Lipinski definition) is 4. The van der Waals surface area contributed by atoms with Crippen LogP contribution in [0.2, 0.25) is 0 Å². The number of hydrogen-bond donors (Lipinski definition) is 1. The number of carbonyl (C=O) groups excluding carboxylic acids is 1. The summed E-state index contributed by atoms with van der Waals surface area (Å²) in [6.07, 6.45) is 21.8. The van der Waals surface area contributed by atoms with Gasteiger partial charge in [-0.3, -0.25) is 0 Å². The number of unbranched alkanes of at least 4 members (excludes halogenated alkanes) is 15. The van der Waals surface area contributed by atoms with Crippen LogP contribution in [0.4, 0.5) is 0 Å². The number of phenols is 1. The second kappa shape index (κ2) is 17.2. The molecule has 0 radical (unpaired) electrons. The molecule has 0 spiro atoms. The van der Waals surface area contributed by atoms with Crippen LogP contribution in [0.15, 0.2) is 30.3 Å². The Morgan fingerprint density at radius 1 is 0.735 bits per heavy atom. The SMILES string of the molecule is CCCCCCCCCCCCCCCCCCOc1ccc2c(O)c(C(=O)OC)ccc2c1. The highest BCUT2D eigenvalue weighted by Crippen LogP contribution is 2.31. The van der Waals surface area contributed by atoms with Gasteiger partial charge in [-0.05, 0) is 36.1 Å². The molecule has 2 rings (SSSR count). The number of methoxy groups -OCH3 is 1. The molecule has 0 fully saturated rings. The van der Waals surface area contributed by atoms with Crippen LogP contribution in [-0.2, 0) is 4.74 Å². The molecule has 0 aliphatic heterocycles. The first-order valence-corrected chi connectivity index (χ1v) is 13.6. The fourth-order valence-corrected chi connectivity index (χ4v) is 4.50. The van der Waals surface area contributed by atoms with Crippen molar-refractivity contribution in [2.75, 3.05) is 13.7 Å². The van der Waals surface area contributed by atoms with Gasteiger partial charge in [0.1, 0.15) is 17.1 Å². The van der Waals surface area contributed by atoms with Crippen LogP contribution < -0.4 is 4.74 Å². The molecular formula is C30H46O4. The molecule has 0 bridgehead atoms. The van der Waals surface area contributed by atoms with Gasteiger partial charge in [-0.15, -0.1) is 0 Å². The molecule has 0 saturated carbocycles. The molecule has 2 aromatic carbocycles. The maximum atomic E-state index is 11.7. The molecule has 0 atom stereocenters. The van der Waals surface area contributed by atoms with E-state index in [2.05, 4.69) is 6.92 Å². The smallest absolute Gasteiger partial charge is 0.341 e. The second-order valence-corrected chi connectivity index (χ2v) is 9.49. The van der Waals surface area contributed by atoms with Crippen molar-refractivity contribution >= 4 is 16.7 Å². The van der Waals surface area contributed by atoms with Gasteiger partial charge in [0.2, 0.25) is 0 Å². The van der Waals surface area contributed by atoms with E-state index in [0.717, 1.165) is 17.6 Å². The van der Waals surface area contributed by atoms with E-state index in [1.807, 2.05) is 18.2 Å². The Kier molecular flexibility index (Phi) is 14.2. The normalized spacial score (nSPS) is 11.1. The quantitative estimate of drug-likeness (QED) is 0.164. The minimum atomic E-state index is -0.539. The fraction of sp³-hybridized carbons (Fsp3) is 0.633. The number of esters is 1. The largest absolute Gasteiger partial charge is 0.506 e. The molecule has 0 unspecified atom stereocenters. The zero-order chi connectivity index (χ0) is 24.4. The molecule has 1 N–H and O–H groups in total. The van der Waals surface area contributed by atoms with E-state index in [-0.39, 0.29) is 11.3 Å². The lowest BCUT2D eigenvalue weighted by Crippen LogP contribution is -2.01. The van der Waals surface area contributed by atoms with Gasteiger partial charge in [-0.2, -0.15) is 0 Å².